The van der Waals surface area contributed by atoms with Crippen LogP contribution in [0, 0.1) is 0 Å². The number of carbonyl (C=O) groups is 1. The normalized spacial score (nSPS) is 18.6. The summed E-state index contributed by atoms with van der Waals surface area (Å²) in [5.41, 5.74) is 7.09. The molecule has 3 heteroatoms. The van der Waals surface area contributed by atoms with Gasteiger partial charge in [-0.25, -0.2) is 4.79 Å². The molecule has 1 aromatic carbocycles. The summed E-state index contributed by atoms with van der Waals surface area (Å²) in [6, 6.07) is 6.94. The van der Waals surface area contributed by atoms with Gasteiger partial charge in [-0.2, -0.15) is 0 Å². The fourth-order valence-corrected chi connectivity index (χ4v) is 1.81. The number of rotatable bonds is 2. The molecule has 1 aliphatic rings. The lowest BCUT2D eigenvalue weighted by Crippen LogP contribution is -2.43. The molecule has 74 valence electrons. The third-order valence-corrected chi connectivity index (χ3v) is 2.93. The van der Waals surface area contributed by atoms with E-state index in [2.05, 4.69) is 0 Å². The number of carboxylic acid groups (broad SMARTS) is 1. The van der Waals surface area contributed by atoms with Gasteiger partial charge in [0.05, 0.1) is 5.56 Å². The van der Waals surface area contributed by atoms with Gasteiger partial charge in [-0.3, -0.25) is 0 Å². The van der Waals surface area contributed by atoms with E-state index < -0.39 is 5.97 Å². The van der Waals surface area contributed by atoms with Gasteiger partial charge in [0.2, 0.25) is 0 Å². The largest absolute Gasteiger partial charge is 0.478 e. The van der Waals surface area contributed by atoms with E-state index in [9.17, 15) is 4.79 Å². The molecule has 0 saturated heterocycles. The molecule has 1 saturated carbocycles. The second-order valence-corrected chi connectivity index (χ2v) is 3.90. The molecule has 0 bridgehead atoms. The van der Waals surface area contributed by atoms with Gasteiger partial charge in [-0.15, -0.1) is 0 Å². The Morgan fingerprint density at radius 1 is 1.43 bits per heavy atom. The number of nitrogens with two attached hydrogens (primary N) is 1. The molecule has 3 nitrogen and oxygen atoms in total. The van der Waals surface area contributed by atoms with Crippen molar-refractivity contribution in [1.29, 1.82) is 0 Å². The van der Waals surface area contributed by atoms with E-state index in [1.807, 2.05) is 6.07 Å². The summed E-state index contributed by atoms with van der Waals surface area (Å²) in [4.78, 5) is 10.7. The third kappa shape index (κ3) is 1.40. The van der Waals surface area contributed by atoms with Crippen molar-refractivity contribution in [2.45, 2.75) is 24.8 Å². The van der Waals surface area contributed by atoms with Crippen LogP contribution < -0.4 is 5.73 Å². The molecule has 0 radical (unpaired) electrons. The van der Waals surface area contributed by atoms with Crippen molar-refractivity contribution < 1.29 is 9.90 Å². The summed E-state index contributed by atoms with van der Waals surface area (Å²) >= 11 is 0. The Labute approximate surface area is 82.5 Å². The van der Waals surface area contributed by atoms with E-state index >= 15 is 0 Å². The monoisotopic (exact) mass is 191 g/mol. The minimum atomic E-state index is -0.894. The summed E-state index contributed by atoms with van der Waals surface area (Å²) < 4.78 is 0. The van der Waals surface area contributed by atoms with Crippen LogP contribution in [0.15, 0.2) is 24.3 Å². The van der Waals surface area contributed by atoms with Crippen LogP contribution in [0.25, 0.3) is 0 Å². The Hall–Kier alpha value is -1.35. The Balaban J connectivity index is 2.35. The van der Waals surface area contributed by atoms with Crippen LogP contribution in [0.1, 0.15) is 35.2 Å². The zero-order valence-corrected chi connectivity index (χ0v) is 7.86. The third-order valence-electron chi connectivity index (χ3n) is 2.93. The van der Waals surface area contributed by atoms with Crippen molar-refractivity contribution in [3.8, 4) is 0 Å². The Morgan fingerprint density at radius 3 is 2.64 bits per heavy atom. The van der Waals surface area contributed by atoms with Crippen LogP contribution in [0.5, 0.6) is 0 Å². The minimum Gasteiger partial charge on any atom is -0.478 e. The first-order valence-corrected chi connectivity index (χ1v) is 4.74. The average Bonchev–Trinajstić information content (AvgIpc) is 2.14. The van der Waals surface area contributed by atoms with Crippen LogP contribution in [0.4, 0.5) is 0 Å². The number of aromatic carboxylic acids is 1. The van der Waals surface area contributed by atoms with Gasteiger partial charge in [0, 0.05) is 5.54 Å². The molecule has 0 aliphatic heterocycles. The number of hydrogen-bond donors (Lipinski definition) is 2. The van der Waals surface area contributed by atoms with Crippen molar-refractivity contribution in [3.05, 3.63) is 35.4 Å². The molecular weight excluding hydrogens is 178 g/mol. The van der Waals surface area contributed by atoms with Crippen molar-refractivity contribution >= 4 is 5.97 Å². The average molecular weight is 191 g/mol. The molecule has 1 aromatic rings. The molecule has 1 fully saturated rings. The maximum atomic E-state index is 10.7. The summed E-state index contributed by atoms with van der Waals surface area (Å²) in [5, 5.41) is 8.82. The lowest BCUT2D eigenvalue weighted by Gasteiger charge is -2.38. The lowest BCUT2D eigenvalue weighted by molar-refractivity contribution is 0.0696. The van der Waals surface area contributed by atoms with Crippen LogP contribution in [0.2, 0.25) is 0 Å². The number of benzene rings is 1. The van der Waals surface area contributed by atoms with Crippen molar-refractivity contribution in [1.82, 2.24) is 0 Å². The van der Waals surface area contributed by atoms with Gasteiger partial charge >= 0.3 is 5.97 Å². The number of carboxylic acids is 1. The highest BCUT2D eigenvalue weighted by Crippen LogP contribution is 2.38. The minimum absolute atomic E-state index is 0.272. The van der Waals surface area contributed by atoms with Crippen LogP contribution in [-0.2, 0) is 5.54 Å². The first-order valence-electron chi connectivity index (χ1n) is 4.74. The molecule has 0 amide bonds. The van der Waals surface area contributed by atoms with Gasteiger partial charge < -0.3 is 10.8 Å². The van der Waals surface area contributed by atoms with E-state index in [1.165, 1.54) is 0 Å². The van der Waals surface area contributed by atoms with Crippen molar-refractivity contribution in [3.63, 3.8) is 0 Å². The second kappa shape index (κ2) is 3.10. The van der Waals surface area contributed by atoms with E-state index in [0.29, 0.717) is 5.56 Å². The smallest absolute Gasteiger partial charge is 0.335 e. The highest BCUT2D eigenvalue weighted by molar-refractivity contribution is 5.87. The summed E-state index contributed by atoms with van der Waals surface area (Å²) in [5.74, 6) is -0.894. The molecular formula is C11H13NO2. The quantitative estimate of drug-likeness (QED) is 0.748. The van der Waals surface area contributed by atoms with Gasteiger partial charge in [-0.1, -0.05) is 12.1 Å². The van der Waals surface area contributed by atoms with Gasteiger partial charge in [-0.05, 0) is 37.0 Å². The zero-order valence-electron chi connectivity index (χ0n) is 7.86. The summed E-state index contributed by atoms with van der Waals surface area (Å²) in [7, 11) is 0. The second-order valence-electron chi connectivity index (χ2n) is 3.90. The SMILES string of the molecule is NC1(c2cccc(C(=O)O)c2)CCC1. The molecule has 1 aliphatic carbocycles. The number of hydrogen-bond acceptors (Lipinski definition) is 2. The van der Waals surface area contributed by atoms with Crippen LogP contribution in [0.3, 0.4) is 0 Å². The van der Waals surface area contributed by atoms with Crippen molar-refractivity contribution in [2.24, 2.45) is 5.73 Å². The predicted molar refractivity (Wildman–Crippen MR) is 53.1 cm³/mol. The fraction of sp³-hybridized carbons (Fsp3) is 0.364. The molecule has 0 spiro atoms. The lowest BCUT2D eigenvalue weighted by atomic mass is 9.72. The van der Waals surface area contributed by atoms with Crippen molar-refractivity contribution in [2.75, 3.05) is 0 Å². The van der Waals surface area contributed by atoms with Gasteiger partial charge in [0.25, 0.3) is 0 Å². The van der Waals surface area contributed by atoms with E-state index in [1.54, 1.807) is 18.2 Å². The Morgan fingerprint density at radius 2 is 2.14 bits per heavy atom. The van der Waals surface area contributed by atoms with Gasteiger partial charge in [0.15, 0.2) is 0 Å². The predicted octanol–water partition coefficient (Wildman–Crippen LogP) is 1.72. The maximum absolute atomic E-state index is 10.7. The highest BCUT2D eigenvalue weighted by atomic mass is 16.4. The van der Waals surface area contributed by atoms with E-state index in [4.69, 9.17) is 10.8 Å². The van der Waals surface area contributed by atoms with Gasteiger partial charge in [0.1, 0.15) is 0 Å². The standard InChI is InChI=1S/C11H13NO2/c12-11(5-2-6-11)9-4-1-3-8(7-9)10(13)14/h1,3-4,7H,2,5-6,12H2,(H,13,14). The summed E-state index contributed by atoms with van der Waals surface area (Å²) in [6.45, 7) is 0. The molecule has 0 heterocycles. The molecule has 3 N–H and O–H groups in total. The highest BCUT2D eigenvalue weighted by Gasteiger charge is 2.34. The first-order chi connectivity index (χ1) is 6.62. The topological polar surface area (TPSA) is 63.3 Å². The molecule has 14 heavy (non-hydrogen) atoms. The molecule has 0 aromatic heterocycles. The summed E-state index contributed by atoms with van der Waals surface area (Å²) in [6.07, 6.45) is 3.04. The molecule has 0 unspecified atom stereocenters. The Bertz CT molecular complexity index is 369. The Kier molecular flexibility index (Phi) is 2.04. The van der Waals surface area contributed by atoms with E-state index in [-0.39, 0.29) is 5.54 Å². The molecule has 2 rings (SSSR count). The fourth-order valence-electron chi connectivity index (χ4n) is 1.81. The van der Waals surface area contributed by atoms with Crippen LogP contribution in [-0.4, -0.2) is 11.1 Å². The van der Waals surface area contributed by atoms with Crippen LogP contribution >= 0.6 is 0 Å². The van der Waals surface area contributed by atoms with E-state index in [0.717, 1.165) is 24.8 Å². The zero-order chi connectivity index (χ0) is 10.2. The first kappa shape index (κ1) is 9.21. The maximum Gasteiger partial charge on any atom is 0.335 e. The molecule has 0 atom stereocenters.